The van der Waals surface area contributed by atoms with Gasteiger partial charge < -0.3 is 96.5 Å². The van der Waals surface area contributed by atoms with Crippen molar-refractivity contribution in [2.24, 2.45) is 0 Å². The first-order valence-corrected chi connectivity index (χ1v) is 29.7. The second kappa shape index (κ2) is 23.1. The number of fused-ring (bicyclic) bond motifs is 7. The third-order valence-corrected chi connectivity index (χ3v) is 19.1. The number of aliphatic hydroxyl groups is 1. The highest BCUT2D eigenvalue weighted by atomic mass is 16.8. The van der Waals surface area contributed by atoms with Crippen molar-refractivity contribution >= 4 is 23.1 Å². The van der Waals surface area contributed by atoms with E-state index in [4.69, 9.17) is 66.3 Å². The van der Waals surface area contributed by atoms with E-state index in [0.29, 0.717) is 12.8 Å². The Bertz CT molecular complexity index is 2870. The molecule has 8 aliphatic heterocycles. The molecular weight excluding hydrogens is 1100 g/mol. The van der Waals surface area contributed by atoms with Crippen LogP contribution in [0.4, 0.5) is 0 Å². The average Bonchev–Trinajstić information content (AvgIpc) is 1.13. The Labute approximate surface area is 487 Å². The Morgan fingerprint density at radius 3 is 1.50 bits per heavy atom. The number of carbonyl (C=O) groups excluding carboxylic acids is 4. The van der Waals surface area contributed by atoms with E-state index >= 15 is 0 Å². The van der Waals surface area contributed by atoms with Crippen LogP contribution < -0.4 is 0 Å². The fourth-order valence-electron chi connectivity index (χ4n) is 14.5. The third kappa shape index (κ3) is 10.6. The molecular formula is C60H80N2O22. The zero-order valence-corrected chi connectivity index (χ0v) is 49.3. The maximum atomic E-state index is 14.6. The predicted molar refractivity (Wildman–Crippen MR) is 288 cm³/mol. The van der Waals surface area contributed by atoms with Crippen LogP contribution in [-0.4, -0.2) is 222 Å². The van der Waals surface area contributed by atoms with Crippen molar-refractivity contribution < 1.29 is 106 Å². The molecule has 8 saturated heterocycles. The molecule has 0 aromatic heterocycles. The zero-order valence-electron chi connectivity index (χ0n) is 49.3. The Kier molecular flexibility index (Phi) is 16.5. The number of hydrogen-bond donors (Lipinski definition) is 4. The molecule has 2 aromatic rings. The molecule has 0 radical (unpaired) electrons. The van der Waals surface area contributed by atoms with Crippen LogP contribution in [0.25, 0.3) is 0 Å². The predicted octanol–water partition coefficient (Wildman–Crippen LogP) is 4.12. The van der Waals surface area contributed by atoms with Crippen LogP contribution in [0.5, 0.6) is 17.2 Å². The van der Waals surface area contributed by atoms with Gasteiger partial charge in [-0.15, -0.1) is 0 Å². The number of carbonyl (C=O) groups is 4. The number of ketones is 4. The highest BCUT2D eigenvalue weighted by Gasteiger charge is 2.57. The number of nitrogens with zero attached hydrogens (tertiary/aromatic N) is 2. The van der Waals surface area contributed by atoms with Crippen LogP contribution in [0, 0.1) is 0 Å². The molecule has 8 fully saturated rings. The summed E-state index contributed by atoms with van der Waals surface area (Å²) in [6, 6.07) is 3.24. The van der Waals surface area contributed by atoms with Gasteiger partial charge in [0.1, 0.15) is 72.2 Å². The van der Waals surface area contributed by atoms with Crippen molar-refractivity contribution in [3.63, 3.8) is 0 Å². The zero-order chi connectivity index (χ0) is 59.7. The molecule has 0 bridgehead atoms. The van der Waals surface area contributed by atoms with E-state index in [1.807, 2.05) is 65.7 Å². The molecule has 24 nitrogen and oxygen atoms in total. The van der Waals surface area contributed by atoms with Gasteiger partial charge in [-0.2, -0.15) is 0 Å². The number of hydrogen-bond acceptors (Lipinski definition) is 24. The molecule has 8 heterocycles. The highest BCUT2D eigenvalue weighted by molar-refractivity contribution is 6.31. The first-order chi connectivity index (χ1) is 39.9. The summed E-state index contributed by atoms with van der Waals surface area (Å²) in [7, 11) is 7.57. The molecule has 0 saturated carbocycles. The number of Topliss-reactive ketones (excluding diaryl/α,β-unsaturated/α-hetero) is 2. The van der Waals surface area contributed by atoms with Crippen LogP contribution in [-0.2, 0) is 75.9 Å². The Hall–Kier alpha value is -4.16. The maximum absolute atomic E-state index is 14.6. The first-order valence-electron chi connectivity index (χ1n) is 29.7. The summed E-state index contributed by atoms with van der Waals surface area (Å²) in [5.74, 6) is -3.77. The standard InChI is InChI=1S/C60H80N2O22/c1-12-60(70)22-39(79-40-16-30(61(8)9)53(25(4)71-40)80-42-20-35-55(27(6)73-42)83-58-37(77-35)18-33(64)23(2)75-58)45-48(52(69)46-47(51(45)68)50(67)44-29(49(46)66)14-13-15-32(44)63)57(60)82-41-17-31(62(10)11)54(26(5)72-41)81-43-21-36-56(28(7)74-43)84-59-38(78-36)19-34(65)24(3)76-59/h13-15,23-28,30-31,35-43,53-59,63,68-70H,12,16-22H2,1-11H3/t23?,24?,25?,26?,27?,28?,30?,31?,35?,36?,37?,38?,39-,40?,41?,42?,43?,53?,54?,55?,56?,57+,58?,59?,60+/m0/s1. The lowest BCUT2D eigenvalue weighted by atomic mass is 9.70. The van der Waals surface area contributed by atoms with Crippen molar-refractivity contribution in [1.29, 1.82) is 0 Å². The molecule has 2 aliphatic carbocycles. The Morgan fingerprint density at radius 2 is 1.00 bits per heavy atom. The molecule has 0 spiro atoms. The van der Waals surface area contributed by atoms with E-state index in [0.717, 1.165) is 0 Å². The number of ether oxygens (including phenoxy) is 14. The lowest BCUT2D eigenvalue weighted by molar-refractivity contribution is -0.372. The normalized spacial score (nSPS) is 43.9. The average molecular weight is 1180 g/mol. The minimum Gasteiger partial charge on any atom is -0.507 e. The van der Waals surface area contributed by atoms with Crippen molar-refractivity contribution in [3.05, 3.63) is 51.6 Å². The minimum absolute atomic E-state index is 0.00740. The second-order valence-corrected chi connectivity index (χ2v) is 25.0. The fourth-order valence-corrected chi connectivity index (χ4v) is 14.5. The van der Waals surface area contributed by atoms with Gasteiger partial charge in [-0.25, -0.2) is 0 Å². The number of likely N-dealkylation sites (N-methyl/N-ethyl adjacent to an activating group) is 2. The third-order valence-electron chi connectivity index (χ3n) is 19.1. The quantitative estimate of drug-likeness (QED) is 0.196. The number of benzene rings is 2. The summed E-state index contributed by atoms with van der Waals surface area (Å²) in [4.78, 5) is 58.2. The summed E-state index contributed by atoms with van der Waals surface area (Å²) in [5, 5.41) is 49.5. The van der Waals surface area contributed by atoms with Gasteiger partial charge in [0.25, 0.3) is 0 Å². The van der Waals surface area contributed by atoms with Gasteiger partial charge in [-0.1, -0.05) is 19.1 Å². The van der Waals surface area contributed by atoms with E-state index in [1.54, 1.807) is 20.8 Å². The van der Waals surface area contributed by atoms with Crippen molar-refractivity contribution in [1.82, 2.24) is 9.80 Å². The molecule has 462 valence electrons. The van der Waals surface area contributed by atoms with E-state index in [9.17, 15) is 39.6 Å². The topological polar surface area (TPSA) is 285 Å². The number of rotatable bonds is 11. The van der Waals surface area contributed by atoms with Gasteiger partial charge in [0.05, 0.1) is 65.0 Å². The molecule has 84 heavy (non-hydrogen) atoms. The Balaban J connectivity index is 0.806. The van der Waals surface area contributed by atoms with Crippen LogP contribution >= 0.6 is 0 Å². The number of phenolic OH excluding ortho intramolecular Hbond substituents is 3. The maximum Gasteiger partial charge on any atom is 0.202 e. The SMILES string of the molecule is CC[C@@]1(O)C[C@H](OC2CC(N(C)C)C(OC3CC4OC5CC(=O)C(C)OC5OC4C(C)O3)C(C)O2)c2c(O)c3c(c(O)c2[C@H]1OC1CC(N(C)C)C(OC2CC4OC5CC(=O)C(C)OC5OC4C(C)O2)C(C)O1)C(=O)c1cccc(O)c1C3=O. The number of aromatic hydroxyl groups is 3. The summed E-state index contributed by atoms with van der Waals surface area (Å²) in [6.07, 6.45) is -14.3. The summed E-state index contributed by atoms with van der Waals surface area (Å²) in [5.41, 5.74) is -3.78. The van der Waals surface area contributed by atoms with E-state index in [2.05, 4.69) is 0 Å². The molecule has 0 amide bonds. The van der Waals surface area contributed by atoms with Gasteiger partial charge in [-0.3, -0.25) is 19.2 Å². The van der Waals surface area contributed by atoms with E-state index < -0.39 is 187 Å². The fraction of sp³-hybridized carbons (Fsp3) is 0.733. The lowest BCUT2D eigenvalue weighted by Crippen LogP contribution is -2.62. The van der Waals surface area contributed by atoms with Gasteiger partial charge in [0.2, 0.25) is 5.78 Å². The van der Waals surface area contributed by atoms with Crippen molar-refractivity contribution in [2.45, 2.75) is 253 Å². The van der Waals surface area contributed by atoms with E-state index in [1.165, 1.54) is 18.2 Å². The molecule has 25 atom stereocenters. The number of phenols is 3. The molecule has 10 aliphatic rings. The molecule has 24 heteroatoms. The second-order valence-electron chi connectivity index (χ2n) is 25.0. The van der Waals surface area contributed by atoms with Crippen molar-refractivity contribution in [3.8, 4) is 17.2 Å². The molecule has 2 aromatic carbocycles. The lowest BCUT2D eigenvalue weighted by Gasteiger charge is -2.51. The Morgan fingerprint density at radius 1 is 0.536 bits per heavy atom. The minimum atomic E-state index is -1.89. The van der Waals surface area contributed by atoms with E-state index in [-0.39, 0.29) is 78.4 Å². The monoisotopic (exact) mass is 1180 g/mol. The largest absolute Gasteiger partial charge is 0.507 e. The summed E-state index contributed by atoms with van der Waals surface area (Å²) >= 11 is 0. The molecule has 22 unspecified atom stereocenters. The van der Waals surface area contributed by atoms with Crippen LogP contribution in [0.3, 0.4) is 0 Å². The van der Waals surface area contributed by atoms with Crippen LogP contribution in [0.2, 0.25) is 0 Å². The summed E-state index contributed by atoms with van der Waals surface area (Å²) < 4.78 is 90.6. The van der Waals surface area contributed by atoms with Crippen LogP contribution in [0.15, 0.2) is 18.2 Å². The molecule has 12 rings (SSSR count). The molecule has 4 N–H and O–H groups in total. The van der Waals surface area contributed by atoms with Gasteiger partial charge in [-0.05, 0) is 82.2 Å². The summed E-state index contributed by atoms with van der Waals surface area (Å²) in [6.45, 7) is 12.6. The van der Waals surface area contributed by atoms with Crippen LogP contribution in [0.1, 0.15) is 155 Å². The highest BCUT2D eigenvalue weighted by Crippen LogP contribution is 2.58. The first kappa shape index (κ1) is 60.1. The van der Waals surface area contributed by atoms with Crippen molar-refractivity contribution in [2.75, 3.05) is 28.2 Å². The van der Waals surface area contributed by atoms with Gasteiger partial charge >= 0.3 is 0 Å². The van der Waals surface area contributed by atoms with Gasteiger partial charge in [0.15, 0.2) is 55.1 Å². The smallest absolute Gasteiger partial charge is 0.202 e. The van der Waals surface area contributed by atoms with Gasteiger partial charge in [0, 0.05) is 73.7 Å².